The van der Waals surface area contributed by atoms with E-state index in [4.69, 9.17) is 0 Å². The lowest BCUT2D eigenvalue weighted by Crippen LogP contribution is -2.33. The predicted molar refractivity (Wildman–Crippen MR) is 80.9 cm³/mol. The first kappa shape index (κ1) is 15.4. The van der Waals surface area contributed by atoms with Crippen molar-refractivity contribution in [1.29, 1.82) is 0 Å². The van der Waals surface area contributed by atoms with Gasteiger partial charge in [0.1, 0.15) is 0 Å². The van der Waals surface area contributed by atoms with Crippen LogP contribution in [-0.2, 0) is 0 Å². The van der Waals surface area contributed by atoms with E-state index in [1.165, 1.54) is 50.7 Å². The molecule has 0 radical (unpaired) electrons. The van der Waals surface area contributed by atoms with Gasteiger partial charge >= 0.3 is 0 Å². The van der Waals surface area contributed by atoms with E-state index in [-0.39, 0.29) is 0 Å². The van der Waals surface area contributed by atoms with Crippen LogP contribution in [-0.4, -0.2) is 23.6 Å². The fourth-order valence-electron chi connectivity index (χ4n) is 2.83. The van der Waals surface area contributed by atoms with Gasteiger partial charge in [-0.2, -0.15) is 11.8 Å². The molecule has 1 fully saturated rings. The Bertz CT molecular complexity index is 174. The molecule has 1 rings (SSSR count). The summed E-state index contributed by atoms with van der Waals surface area (Å²) in [4.78, 5) is 0. The van der Waals surface area contributed by atoms with E-state index in [1.807, 2.05) is 0 Å². The van der Waals surface area contributed by atoms with Crippen LogP contribution in [0.2, 0.25) is 0 Å². The largest absolute Gasteiger partial charge is 0.313 e. The SMILES string of the molecule is CCNC(CSC1CCCC1)CC(CC)CC. The third-order valence-corrected chi connectivity index (χ3v) is 5.64. The summed E-state index contributed by atoms with van der Waals surface area (Å²) in [6.45, 7) is 8.03. The first-order valence-electron chi connectivity index (χ1n) is 7.65. The van der Waals surface area contributed by atoms with Crippen LogP contribution in [0.1, 0.15) is 65.7 Å². The van der Waals surface area contributed by atoms with Crippen molar-refractivity contribution in [2.75, 3.05) is 12.3 Å². The summed E-state index contributed by atoms with van der Waals surface area (Å²) < 4.78 is 0. The van der Waals surface area contributed by atoms with E-state index in [0.29, 0.717) is 0 Å². The monoisotopic (exact) mass is 257 g/mol. The number of thioether (sulfide) groups is 1. The molecule has 1 unspecified atom stereocenters. The van der Waals surface area contributed by atoms with Gasteiger partial charge in [0.25, 0.3) is 0 Å². The Morgan fingerprint density at radius 3 is 2.29 bits per heavy atom. The molecule has 1 aliphatic carbocycles. The molecule has 0 bridgehead atoms. The van der Waals surface area contributed by atoms with Gasteiger partial charge in [-0.05, 0) is 31.7 Å². The normalized spacial score (nSPS) is 19.1. The second kappa shape index (κ2) is 9.27. The lowest BCUT2D eigenvalue weighted by Gasteiger charge is -2.23. The molecule has 0 saturated heterocycles. The molecular weight excluding hydrogens is 226 g/mol. The standard InChI is InChI=1S/C15H31NS/c1-4-13(5-2)11-14(16-6-3)12-17-15-9-7-8-10-15/h13-16H,4-12H2,1-3H3. The van der Waals surface area contributed by atoms with Crippen LogP contribution in [0.25, 0.3) is 0 Å². The first-order chi connectivity index (χ1) is 8.30. The molecule has 0 amide bonds. The molecule has 1 N–H and O–H groups in total. The van der Waals surface area contributed by atoms with Gasteiger partial charge in [-0.1, -0.05) is 46.5 Å². The van der Waals surface area contributed by atoms with Crippen LogP contribution in [0.5, 0.6) is 0 Å². The lowest BCUT2D eigenvalue weighted by atomic mass is 9.95. The minimum atomic E-state index is 0.746. The minimum Gasteiger partial charge on any atom is -0.313 e. The van der Waals surface area contributed by atoms with Gasteiger partial charge in [0.15, 0.2) is 0 Å². The highest BCUT2D eigenvalue weighted by molar-refractivity contribution is 7.99. The molecule has 2 heteroatoms. The molecule has 0 aromatic rings. The smallest absolute Gasteiger partial charge is 0.0160 e. The van der Waals surface area contributed by atoms with Crippen molar-refractivity contribution in [3.05, 3.63) is 0 Å². The topological polar surface area (TPSA) is 12.0 Å². The fraction of sp³-hybridized carbons (Fsp3) is 1.00. The Morgan fingerprint density at radius 2 is 1.76 bits per heavy atom. The highest BCUT2D eigenvalue weighted by Gasteiger charge is 2.19. The highest BCUT2D eigenvalue weighted by atomic mass is 32.2. The predicted octanol–water partition coefficient (Wildman–Crippen LogP) is 4.47. The van der Waals surface area contributed by atoms with Crippen LogP contribution in [0.3, 0.4) is 0 Å². The maximum atomic E-state index is 3.68. The molecular formula is C15H31NS. The van der Waals surface area contributed by atoms with E-state index >= 15 is 0 Å². The molecule has 1 aliphatic rings. The third-order valence-electron chi connectivity index (χ3n) is 4.10. The van der Waals surface area contributed by atoms with Crippen molar-refractivity contribution in [2.45, 2.75) is 77.0 Å². The average molecular weight is 257 g/mol. The zero-order chi connectivity index (χ0) is 12.5. The second-order valence-corrected chi connectivity index (χ2v) is 6.75. The summed E-state index contributed by atoms with van der Waals surface area (Å²) in [6, 6.07) is 0.746. The Morgan fingerprint density at radius 1 is 1.12 bits per heavy atom. The maximum absolute atomic E-state index is 3.68. The van der Waals surface area contributed by atoms with Gasteiger partial charge in [-0.15, -0.1) is 0 Å². The Kier molecular flexibility index (Phi) is 8.38. The van der Waals surface area contributed by atoms with Gasteiger partial charge in [0.05, 0.1) is 0 Å². The first-order valence-corrected chi connectivity index (χ1v) is 8.69. The van der Waals surface area contributed by atoms with Gasteiger partial charge < -0.3 is 5.32 Å². The number of hydrogen-bond acceptors (Lipinski definition) is 2. The number of nitrogens with one attached hydrogen (secondary N) is 1. The number of rotatable bonds is 9. The Balaban J connectivity index is 2.25. The van der Waals surface area contributed by atoms with Gasteiger partial charge in [0.2, 0.25) is 0 Å². The summed E-state index contributed by atoms with van der Waals surface area (Å²) in [5.74, 6) is 2.25. The van der Waals surface area contributed by atoms with Crippen LogP contribution in [0.15, 0.2) is 0 Å². The third kappa shape index (κ3) is 6.15. The number of hydrogen-bond donors (Lipinski definition) is 1. The quantitative estimate of drug-likeness (QED) is 0.654. The highest BCUT2D eigenvalue weighted by Crippen LogP contribution is 2.30. The molecule has 1 saturated carbocycles. The van der Waals surface area contributed by atoms with Crippen molar-refractivity contribution >= 4 is 11.8 Å². The van der Waals surface area contributed by atoms with Crippen molar-refractivity contribution in [2.24, 2.45) is 5.92 Å². The molecule has 0 spiro atoms. The Labute approximate surface area is 113 Å². The minimum absolute atomic E-state index is 0.746. The zero-order valence-electron chi connectivity index (χ0n) is 12.0. The Hall–Kier alpha value is 0.310. The van der Waals surface area contributed by atoms with E-state index in [2.05, 4.69) is 37.8 Å². The summed E-state index contributed by atoms with van der Waals surface area (Å²) in [7, 11) is 0. The van der Waals surface area contributed by atoms with E-state index in [9.17, 15) is 0 Å². The van der Waals surface area contributed by atoms with Gasteiger partial charge in [0, 0.05) is 17.0 Å². The summed E-state index contributed by atoms with van der Waals surface area (Å²) >= 11 is 2.23. The lowest BCUT2D eigenvalue weighted by molar-refractivity contribution is 0.388. The molecule has 102 valence electrons. The van der Waals surface area contributed by atoms with E-state index in [0.717, 1.165) is 23.8 Å². The van der Waals surface area contributed by atoms with E-state index in [1.54, 1.807) is 0 Å². The van der Waals surface area contributed by atoms with Crippen molar-refractivity contribution in [1.82, 2.24) is 5.32 Å². The fourth-order valence-corrected chi connectivity index (χ4v) is 4.26. The van der Waals surface area contributed by atoms with Gasteiger partial charge in [-0.25, -0.2) is 0 Å². The summed E-state index contributed by atoms with van der Waals surface area (Å²) in [5, 5.41) is 4.66. The summed E-state index contributed by atoms with van der Waals surface area (Å²) in [6.07, 6.45) is 9.93. The van der Waals surface area contributed by atoms with Crippen LogP contribution < -0.4 is 5.32 Å². The summed E-state index contributed by atoms with van der Waals surface area (Å²) in [5.41, 5.74) is 0. The average Bonchev–Trinajstić information content (AvgIpc) is 2.85. The van der Waals surface area contributed by atoms with Crippen LogP contribution in [0, 0.1) is 5.92 Å². The van der Waals surface area contributed by atoms with Crippen molar-refractivity contribution in [3.8, 4) is 0 Å². The molecule has 0 aliphatic heterocycles. The molecule has 17 heavy (non-hydrogen) atoms. The molecule has 0 aromatic carbocycles. The molecule has 1 nitrogen and oxygen atoms in total. The second-order valence-electron chi connectivity index (χ2n) is 5.41. The maximum Gasteiger partial charge on any atom is 0.0160 e. The van der Waals surface area contributed by atoms with Crippen LogP contribution >= 0.6 is 11.8 Å². The van der Waals surface area contributed by atoms with Crippen molar-refractivity contribution in [3.63, 3.8) is 0 Å². The molecule has 0 heterocycles. The van der Waals surface area contributed by atoms with Crippen molar-refractivity contribution < 1.29 is 0 Å². The molecule has 1 atom stereocenters. The molecule has 0 aromatic heterocycles. The van der Waals surface area contributed by atoms with Crippen LogP contribution in [0.4, 0.5) is 0 Å². The zero-order valence-corrected chi connectivity index (χ0v) is 12.8. The van der Waals surface area contributed by atoms with E-state index < -0.39 is 0 Å². The van der Waals surface area contributed by atoms with Gasteiger partial charge in [-0.3, -0.25) is 0 Å².